The van der Waals surface area contributed by atoms with E-state index in [-0.39, 0.29) is 20.0 Å². The molecule has 128 valence electrons. The highest BCUT2D eigenvalue weighted by Crippen LogP contribution is 2.33. The Morgan fingerprint density at radius 1 is 1.17 bits per heavy atom. The third-order valence-electron chi connectivity index (χ3n) is 3.25. The molecule has 1 atom stereocenters. The lowest BCUT2D eigenvalue weighted by molar-refractivity contribution is -0.146. The zero-order valence-electron chi connectivity index (χ0n) is 13.4. The Bertz CT molecular complexity index is 697. The van der Waals surface area contributed by atoms with E-state index >= 15 is 0 Å². The highest BCUT2D eigenvalue weighted by atomic mass is 16.7. The molecule has 24 heavy (non-hydrogen) atoms. The van der Waals surface area contributed by atoms with Crippen molar-refractivity contribution in [3.8, 4) is 11.5 Å². The molecule has 2 aromatic rings. The van der Waals surface area contributed by atoms with Gasteiger partial charge in [0, 0.05) is 24.0 Å². The Morgan fingerprint density at radius 3 is 2.33 bits per heavy atom. The Morgan fingerprint density at radius 2 is 1.79 bits per heavy atom. The summed E-state index contributed by atoms with van der Waals surface area (Å²) in [7, 11) is 1.55. The van der Waals surface area contributed by atoms with Gasteiger partial charge in [0.05, 0.1) is 6.61 Å². The summed E-state index contributed by atoms with van der Waals surface area (Å²) in [6, 6.07) is 11.1. The zero-order valence-corrected chi connectivity index (χ0v) is 13.4. The summed E-state index contributed by atoms with van der Waals surface area (Å²) in [5, 5.41) is 11.0. The second kappa shape index (κ2) is 8.90. The van der Waals surface area contributed by atoms with Crippen LogP contribution in [0.25, 0.3) is 10.8 Å². The third kappa shape index (κ3) is 4.47. The van der Waals surface area contributed by atoms with Crippen molar-refractivity contribution in [3.63, 3.8) is 0 Å². The van der Waals surface area contributed by atoms with E-state index in [2.05, 4.69) is 6.58 Å². The highest BCUT2D eigenvalue weighted by molar-refractivity contribution is 5.93. The predicted molar refractivity (Wildman–Crippen MR) is 89.1 cm³/mol. The SMILES string of the molecule is C=CC(=O)OC(CO)COc1ccc(OCOC)c2ccccc12. The molecule has 0 aromatic heterocycles. The molecule has 0 aliphatic heterocycles. The molecule has 6 nitrogen and oxygen atoms in total. The molecule has 2 aromatic carbocycles. The second-order valence-corrected chi connectivity index (χ2v) is 4.91. The average molecular weight is 332 g/mol. The van der Waals surface area contributed by atoms with Crippen LogP contribution in [0.2, 0.25) is 0 Å². The van der Waals surface area contributed by atoms with Gasteiger partial charge in [-0.15, -0.1) is 0 Å². The average Bonchev–Trinajstić information content (AvgIpc) is 2.63. The molecule has 6 heteroatoms. The quantitative estimate of drug-likeness (QED) is 0.431. The normalized spacial score (nSPS) is 11.8. The lowest BCUT2D eigenvalue weighted by atomic mass is 10.1. The van der Waals surface area contributed by atoms with Crippen LogP contribution in [0.3, 0.4) is 0 Å². The maximum Gasteiger partial charge on any atom is 0.330 e. The Labute approximate surface area is 140 Å². The second-order valence-electron chi connectivity index (χ2n) is 4.91. The first kappa shape index (κ1) is 17.8. The summed E-state index contributed by atoms with van der Waals surface area (Å²) >= 11 is 0. The van der Waals surface area contributed by atoms with Gasteiger partial charge in [-0.3, -0.25) is 0 Å². The van der Waals surface area contributed by atoms with E-state index in [0.717, 1.165) is 16.8 Å². The number of ether oxygens (including phenoxy) is 4. The molecule has 0 spiro atoms. The lowest BCUT2D eigenvalue weighted by Gasteiger charge is -2.17. The molecule has 0 fully saturated rings. The van der Waals surface area contributed by atoms with E-state index in [4.69, 9.17) is 18.9 Å². The van der Waals surface area contributed by atoms with Crippen molar-refractivity contribution in [2.45, 2.75) is 6.10 Å². The van der Waals surface area contributed by atoms with Crippen molar-refractivity contribution in [1.29, 1.82) is 0 Å². The first-order valence-electron chi connectivity index (χ1n) is 7.39. The molecule has 0 aliphatic rings. The smallest absolute Gasteiger partial charge is 0.330 e. The van der Waals surface area contributed by atoms with Crippen molar-refractivity contribution >= 4 is 16.7 Å². The monoisotopic (exact) mass is 332 g/mol. The minimum absolute atomic E-state index is 0.0261. The topological polar surface area (TPSA) is 74.2 Å². The van der Waals surface area contributed by atoms with Crippen LogP contribution in [0.1, 0.15) is 0 Å². The zero-order chi connectivity index (χ0) is 17.4. The molecule has 1 unspecified atom stereocenters. The number of hydrogen-bond donors (Lipinski definition) is 1. The lowest BCUT2D eigenvalue weighted by Crippen LogP contribution is -2.27. The number of esters is 1. The van der Waals surface area contributed by atoms with E-state index in [1.54, 1.807) is 19.2 Å². The van der Waals surface area contributed by atoms with Crippen molar-refractivity contribution in [3.05, 3.63) is 49.1 Å². The number of fused-ring (bicyclic) bond motifs is 1. The Kier molecular flexibility index (Phi) is 6.60. The number of rotatable bonds is 9. The summed E-state index contributed by atoms with van der Waals surface area (Å²) in [6.45, 7) is 3.15. The molecule has 0 radical (unpaired) electrons. The van der Waals surface area contributed by atoms with Crippen LogP contribution in [0.15, 0.2) is 49.1 Å². The van der Waals surface area contributed by atoms with Gasteiger partial charge in [0.1, 0.15) is 18.1 Å². The summed E-state index contributed by atoms with van der Waals surface area (Å²) in [5.41, 5.74) is 0. The Hall–Kier alpha value is -2.57. The predicted octanol–water partition coefficient (Wildman–Crippen LogP) is 2.29. The van der Waals surface area contributed by atoms with Crippen LogP contribution in [0, 0.1) is 0 Å². The minimum atomic E-state index is -0.765. The molecule has 2 rings (SSSR count). The third-order valence-corrected chi connectivity index (χ3v) is 3.25. The molecule has 0 amide bonds. The Balaban J connectivity index is 2.17. The van der Waals surface area contributed by atoms with Crippen molar-refractivity contribution in [1.82, 2.24) is 0 Å². The van der Waals surface area contributed by atoms with Crippen LogP contribution in [0.4, 0.5) is 0 Å². The number of aliphatic hydroxyl groups is 1. The molecule has 0 bridgehead atoms. The van der Waals surface area contributed by atoms with Gasteiger partial charge in [-0.1, -0.05) is 30.8 Å². The van der Waals surface area contributed by atoms with Crippen LogP contribution in [0.5, 0.6) is 11.5 Å². The fourth-order valence-corrected chi connectivity index (χ4v) is 2.14. The first-order chi connectivity index (χ1) is 11.7. The van der Waals surface area contributed by atoms with Gasteiger partial charge in [0.2, 0.25) is 0 Å². The minimum Gasteiger partial charge on any atom is -0.489 e. The van der Waals surface area contributed by atoms with Crippen LogP contribution >= 0.6 is 0 Å². The molecular weight excluding hydrogens is 312 g/mol. The largest absolute Gasteiger partial charge is 0.489 e. The molecular formula is C18H20O6. The number of aliphatic hydroxyl groups excluding tert-OH is 1. The highest BCUT2D eigenvalue weighted by Gasteiger charge is 2.14. The molecule has 0 aliphatic carbocycles. The van der Waals surface area contributed by atoms with E-state index in [9.17, 15) is 9.90 Å². The molecule has 0 saturated carbocycles. The standard InChI is InChI=1S/C18H20O6/c1-3-18(20)24-13(10-19)11-22-16-8-9-17(23-12-21-2)15-7-5-4-6-14(15)16/h3-9,13,19H,1,10-12H2,2H3. The van der Waals surface area contributed by atoms with Gasteiger partial charge in [0.25, 0.3) is 0 Å². The number of benzene rings is 2. The fourth-order valence-electron chi connectivity index (χ4n) is 2.14. The van der Waals surface area contributed by atoms with E-state index < -0.39 is 12.1 Å². The van der Waals surface area contributed by atoms with Crippen LogP contribution in [-0.2, 0) is 14.3 Å². The first-order valence-corrected chi connectivity index (χ1v) is 7.39. The van der Waals surface area contributed by atoms with E-state index in [1.807, 2.05) is 24.3 Å². The number of hydrogen-bond acceptors (Lipinski definition) is 6. The van der Waals surface area contributed by atoms with Crippen LogP contribution in [-0.4, -0.2) is 44.3 Å². The van der Waals surface area contributed by atoms with Gasteiger partial charge >= 0.3 is 5.97 Å². The van der Waals surface area contributed by atoms with E-state index in [0.29, 0.717) is 11.5 Å². The number of carbonyl (C=O) groups is 1. The fraction of sp³-hybridized carbons (Fsp3) is 0.278. The molecule has 0 heterocycles. The van der Waals surface area contributed by atoms with Gasteiger partial charge in [-0.2, -0.15) is 0 Å². The van der Waals surface area contributed by atoms with Gasteiger partial charge in [-0.25, -0.2) is 4.79 Å². The number of methoxy groups -OCH3 is 1. The van der Waals surface area contributed by atoms with Gasteiger partial charge in [-0.05, 0) is 12.1 Å². The van der Waals surface area contributed by atoms with Gasteiger partial charge < -0.3 is 24.1 Å². The van der Waals surface area contributed by atoms with E-state index in [1.165, 1.54) is 0 Å². The molecule has 1 N–H and O–H groups in total. The number of carbonyl (C=O) groups excluding carboxylic acids is 1. The maximum absolute atomic E-state index is 11.2. The maximum atomic E-state index is 11.2. The van der Waals surface area contributed by atoms with Crippen LogP contribution < -0.4 is 9.47 Å². The van der Waals surface area contributed by atoms with Crippen molar-refractivity contribution in [2.75, 3.05) is 27.1 Å². The summed E-state index contributed by atoms with van der Waals surface area (Å²) < 4.78 is 21.2. The van der Waals surface area contributed by atoms with Crippen molar-refractivity contribution < 1.29 is 28.8 Å². The van der Waals surface area contributed by atoms with Crippen molar-refractivity contribution in [2.24, 2.45) is 0 Å². The summed E-state index contributed by atoms with van der Waals surface area (Å²) in [4.78, 5) is 11.2. The molecule has 0 saturated heterocycles. The summed E-state index contributed by atoms with van der Waals surface area (Å²) in [5.74, 6) is 0.672. The summed E-state index contributed by atoms with van der Waals surface area (Å²) in [6.07, 6.45) is 0.277. The van der Waals surface area contributed by atoms with Gasteiger partial charge in [0.15, 0.2) is 12.9 Å².